The van der Waals surface area contributed by atoms with Crippen LogP contribution < -0.4 is 9.84 Å². The van der Waals surface area contributed by atoms with Crippen molar-refractivity contribution in [3.63, 3.8) is 0 Å². The van der Waals surface area contributed by atoms with Gasteiger partial charge in [-0.05, 0) is 24.1 Å². The zero-order valence-electron chi connectivity index (χ0n) is 10.3. The second-order valence-corrected chi connectivity index (χ2v) is 3.85. The lowest BCUT2D eigenvalue weighted by molar-refractivity contribution is -0.306. The first-order valence-electron chi connectivity index (χ1n) is 5.47. The Labute approximate surface area is 105 Å². The molecule has 0 bridgehead atoms. The van der Waals surface area contributed by atoms with Crippen molar-refractivity contribution in [2.24, 2.45) is 5.92 Å². The number of carbonyl (C=O) groups is 2. The Bertz CT molecular complexity index is 410. The minimum Gasteiger partial charge on any atom is -0.550 e. The number of esters is 1. The van der Waals surface area contributed by atoms with Gasteiger partial charge in [-0.2, -0.15) is 0 Å². The highest BCUT2D eigenvalue weighted by Crippen LogP contribution is 2.17. The van der Waals surface area contributed by atoms with Gasteiger partial charge in [-0.3, -0.25) is 4.79 Å². The first-order valence-corrected chi connectivity index (χ1v) is 5.47. The third kappa shape index (κ3) is 4.08. The molecule has 0 saturated carbocycles. The van der Waals surface area contributed by atoms with Crippen LogP contribution in [0.25, 0.3) is 0 Å². The number of hydrogen-bond donors (Lipinski definition) is 0. The van der Waals surface area contributed by atoms with E-state index < -0.39 is 17.9 Å². The van der Waals surface area contributed by atoms with Crippen LogP contribution in [0.3, 0.4) is 0 Å². The van der Waals surface area contributed by atoms with Crippen molar-refractivity contribution in [2.45, 2.75) is 12.8 Å². The minimum absolute atomic E-state index is 0.296. The average Bonchev–Trinajstić information content (AvgIpc) is 2.37. The standard InChI is InChI=1S/C13H16O5/c1-17-11-5-3-9(4-6-11)7-10(8-12(14)15)13(16)18-2/h3-6,10H,7-8H2,1-2H3,(H,14,15)/p-1. The largest absolute Gasteiger partial charge is 0.550 e. The fourth-order valence-corrected chi connectivity index (χ4v) is 1.65. The van der Waals surface area contributed by atoms with E-state index in [1.165, 1.54) is 7.11 Å². The number of carboxylic acid groups (broad SMARTS) is 1. The van der Waals surface area contributed by atoms with Crippen LogP contribution in [-0.4, -0.2) is 26.2 Å². The van der Waals surface area contributed by atoms with E-state index in [2.05, 4.69) is 4.74 Å². The summed E-state index contributed by atoms with van der Waals surface area (Å²) in [7, 11) is 2.79. The Morgan fingerprint density at radius 2 is 1.83 bits per heavy atom. The molecule has 1 atom stereocenters. The van der Waals surface area contributed by atoms with Gasteiger partial charge in [0.05, 0.1) is 20.1 Å². The van der Waals surface area contributed by atoms with E-state index in [1.54, 1.807) is 31.4 Å². The molecule has 0 heterocycles. The summed E-state index contributed by atoms with van der Waals surface area (Å²) in [5.41, 5.74) is 0.840. The summed E-state index contributed by atoms with van der Waals surface area (Å²) in [6.45, 7) is 0. The molecule has 1 unspecified atom stereocenters. The van der Waals surface area contributed by atoms with E-state index in [0.29, 0.717) is 12.2 Å². The second-order valence-electron chi connectivity index (χ2n) is 3.85. The fraction of sp³-hybridized carbons (Fsp3) is 0.385. The van der Waals surface area contributed by atoms with Gasteiger partial charge in [0.1, 0.15) is 5.75 Å². The van der Waals surface area contributed by atoms with Crippen LogP contribution in [0.5, 0.6) is 5.75 Å². The van der Waals surface area contributed by atoms with Crippen molar-refractivity contribution in [2.75, 3.05) is 14.2 Å². The molecule has 0 aromatic heterocycles. The van der Waals surface area contributed by atoms with Crippen molar-refractivity contribution >= 4 is 11.9 Å². The smallest absolute Gasteiger partial charge is 0.309 e. The maximum absolute atomic E-state index is 11.4. The number of carbonyl (C=O) groups excluding carboxylic acids is 2. The van der Waals surface area contributed by atoms with Crippen LogP contribution in [-0.2, 0) is 20.7 Å². The van der Waals surface area contributed by atoms with E-state index in [4.69, 9.17) is 4.74 Å². The molecule has 0 aliphatic heterocycles. The highest BCUT2D eigenvalue weighted by Gasteiger charge is 2.19. The highest BCUT2D eigenvalue weighted by molar-refractivity contribution is 5.78. The molecule has 1 aromatic rings. The number of carboxylic acids is 1. The number of benzene rings is 1. The lowest BCUT2D eigenvalue weighted by Crippen LogP contribution is -2.30. The highest BCUT2D eigenvalue weighted by atomic mass is 16.5. The van der Waals surface area contributed by atoms with Gasteiger partial charge in [0.25, 0.3) is 0 Å². The predicted molar refractivity (Wildman–Crippen MR) is 61.8 cm³/mol. The molecular weight excluding hydrogens is 236 g/mol. The lowest BCUT2D eigenvalue weighted by Gasteiger charge is -2.15. The van der Waals surface area contributed by atoms with E-state index in [1.807, 2.05) is 0 Å². The molecule has 1 aromatic carbocycles. The molecule has 0 saturated heterocycles. The Balaban J connectivity index is 2.75. The molecule has 5 nitrogen and oxygen atoms in total. The van der Waals surface area contributed by atoms with Gasteiger partial charge in [-0.1, -0.05) is 12.1 Å². The molecule has 0 spiro atoms. The molecule has 0 aliphatic rings. The second kappa shape index (κ2) is 6.64. The van der Waals surface area contributed by atoms with Crippen LogP contribution >= 0.6 is 0 Å². The molecule has 0 aliphatic carbocycles. The molecule has 18 heavy (non-hydrogen) atoms. The van der Waals surface area contributed by atoms with Gasteiger partial charge in [-0.25, -0.2) is 0 Å². The Hall–Kier alpha value is -2.04. The molecule has 5 heteroatoms. The topological polar surface area (TPSA) is 75.7 Å². The van der Waals surface area contributed by atoms with Crippen molar-refractivity contribution in [3.8, 4) is 5.75 Å². The molecular formula is C13H15O5-. The van der Waals surface area contributed by atoms with Crippen LogP contribution in [0.4, 0.5) is 0 Å². The molecule has 98 valence electrons. The Morgan fingerprint density at radius 1 is 1.22 bits per heavy atom. The maximum Gasteiger partial charge on any atom is 0.309 e. The van der Waals surface area contributed by atoms with Crippen LogP contribution in [0.2, 0.25) is 0 Å². The third-order valence-electron chi connectivity index (χ3n) is 2.59. The molecule has 1 rings (SSSR count). The number of aliphatic carboxylic acids is 1. The summed E-state index contributed by atoms with van der Waals surface area (Å²) in [6.07, 6.45) is -0.0522. The quantitative estimate of drug-likeness (QED) is 0.673. The van der Waals surface area contributed by atoms with Gasteiger partial charge in [-0.15, -0.1) is 0 Å². The van der Waals surface area contributed by atoms with Crippen LogP contribution in [0.15, 0.2) is 24.3 Å². The normalized spacial score (nSPS) is 11.7. The van der Waals surface area contributed by atoms with Crippen molar-refractivity contribution in [1.29, 1.82) is 0 Å². The van der Waals surface area contributed by atoms with E-state index >= 15 is 0 Å². The summed E-state index contributed by atoms with van der Waals surface area (Å²) in [4.78, 5) is 22.0. The van der Waals surface area contributed by atoms with Gasteiger partial charge < -0.3 is 19.4 Å². The molecule has 0 N–H and O–H groups in total. The lowest BCUT2D eigenvalue weighted by atomic mass is 9.96. The van der Waals surface area contributed by atoms with Crippen molar-refractivity contribution in [1.82, 2.24) is 0 Å². The molecule has 0 radical (unpaired) electrons. The monoisotopic (exact) mass is 251 g/mol. The summed E-state index contributed by atoms with van der Waals surface area (Å²) in [5.74, 6) is -1.84. The SMILES string of the molecule is COC(=O)C(CC(=O)[O-])Cc1ccc(OC)cc1. The predicted octanol–water partition coefficient (Wildman–Crippen LogP) is 0.167. The van der Waals surface area contributed by atoms with Gasteiger partial charge in [0.2, 0.25) is 0 Å². The minimum atomic E-state index is -1.26. The summed E-state index contributed by atoms with van der Waals surface area (Å²) in [6, 6.07) is 7.07. The van der Waals surface area contributed by atoms with Crippen LogP contribution in [0.1, 0.15) is 12.0 Å². The van der Waals surface area contributed by atoms with E-state index in [-0.39, 0.29) is 6.42 Å². The van der Waals surface area contributed by atoms with Crippen LogP contribution in [0, 0.1) is 5.92 Å². The fourth-order valence-electron chi connectivity index (χ4n) is 1.65. The Morgan fingerprint density at radius 3 is 2.28 bits per heavy atom. The van der Waals surface area contributed by atoms with E-state index in [9.17, 15) is 14.7 Å². The Kier molecular flexibility index (Phi) is 5.17. The zero-order valence-corrected chi connectivity index (χ0v) is 10.3. The van der Waals surface area contributed by atoms with Crippen molar-refractivity contribution in [3.05, 3.63) is 29.8 Å². The summed E-state index contributed by atoms with van der Waals surface area (Å²) >= 11 is 0. The zero-order chi connectivity index (χ0) is 13.5. The summed E-state index contributed by atoms with van der Waals surface area (Å²) in [5, 5.41) is 10.6. The summed E-state index contributed by atoms with van der Waals surface area (Å²) < 4.78 is 9.59. The third-order valence-corrected chi connectivity index (χ3v) is 2.59. The number of methoxy groups -OCH3 is 2. The van der Waals surface area contributed by atoms with E-state index in [0.717, 1.165) is 5.56 Å². The van der Waals surface area contributed by atoms with Gasteiger partial charge >= 0.3 is 5.97 Å². The van der Waals surface area contributed by atoms with Gasteiger partial charge in [0.15, 0.2) is 0 Å². The average molecular weight is 251 g/mol. The molecule has 0 fully saturated rings. The number of hydrogen-bond acceptors (Lipinski definition) is 5. The first kappa shape index (κ1) is 14.0. The number of rotatable bonds is 6. The maximum atomic E-state index is 11.4. The number of ether oxygens (including phenoxy) is 2. The van der Waals surface area contributed by atoms with Gasteiger partial charge in [0, 0.05) is 12.4 Å². The first-order chi connectivity index (χ1) is 8.56. The van der Waals surface area contributed by atoms with Crippen molar-refractivity contribution < 1.29 is 24.2 Å². The molecule has 0 amide bonds.